The van der Waals surface area contributed by atoms with Crippen molar-refractivity contribution in [3.05, 3.63) is 72.2 Å². The van der Waals surface area contributed by atoms with Crippen molar-refractivity contribution in [2.24, 2.45) is 5.41 Å². The number of amides is 1. The van der Waals surface area contributed by atoms with Crippen LogP contribution in [-0.2, 0) is 12.6 Å². The van der Waals surface area contributed by atoms with Crippen molar-refractivity contribution in [3.63, 3.8) is 0 Å². The summed E-state index contributed by atoms with van der Waals surface area (Å²) in [6.45, 7) is 0.692. The molecule has 0 unspecified atom stereocenters. The van der Waals surface area contributed by atoms with E-state index in [9.17, 15) is 23.2 Å². The van der Waals surface area contributed by atoms with Crippen LogP contribution in [0.25, 0.3) is 11.3 Å². The third kappa shape index (κ3) is 4.82. The molecular weight excluding hydrogens is 433 g/mol. The van der Waals surface area contributed by atoms with E-state index in [-0.39, 0.29) is 12.3 Å². The summed E-state index contributed by atoms with van der Waals surface area (Å²) in [6, 6.07) is 9.29. The molecule has 0 saturated carbocycles. The second-order valence-corrected chi connectivity index (χ2v) is 7.91. The Morgan fingerprint density at radius 2 is 1.73 bits per heavy atom. The zero-order valence-electron chi connectivity index (χ0n) is 17.5. The standard InChI is InChI=1S/C23H19F3N6O/c24-23(25,26)21-30-13-16(14-31-21)12-22(15-27)5-10-32(11-6-22)20(33)18-2-1-7-29-19(18)17-3-8-28-9-4-17/h1-4,7-9,13-14H,5-6,10-12H2. The van der Waals surface area contributed by atoms with Gasteiger partial charge in [-0.1, -0.05) is 0 Å². The first-order chi connectivity index (χ1) is 15.8. The van der Waals surface area contributed by atoms with Gasteiger partial charge in [-0.15, -0.1) is 0 Å². The van der Waals surface area contributed by atoms with Gasteiger partial charge in [0.2, 0.25) is 5.82 Å². The highest BCUT2D eigenvalue weighted by molar-refractivity contribution is 5.99. The van der Waals surface area contributed by atoms with E-state index in [0.717, 1.165) is 18.0 Å². The van der Waals surface area contributed by atoms with Gasteiger partial charge in [0, 0.05) is 49.6 Å². The van der Waals surface area contributed by atoms with E-state index < -0.39 is 17.4 Å². The van der Waals surface area contributed by atoms with Gasteiger partial charge in [0.15, 0.2) is 0 Å². The Morgan fingerprint density at radius 3 is 2.33 bits per heavy atom. The molecule has 0 spiro atoms. The third-order valence-corrected chi connectivity index (χ3v) is 5.74. The normalized spacial score (nSPS) is 15.6. The van der Waals surface area contributed by atoms with Gasteiger partial charge in [-0.25, -0.2) is 9.97 Å². The summed E-state index contributed by atoms with van der Waals surface area (Å²) in [5.74, 6) is -1.39. The molecule has 1 saturated heterocycles. The number of likely N-dealkylation sites (tertiary alicyclic amines) is 1. The maximum Gasteiger partial charge on any atom is 0.451 e. The zero-order chi connectivity index (χ0) is 23.5. The zero-order valence-corrected chi connectivity index (χ0v) is 17.5. The first kappa shape index (κ1) is 22.3. The van der Waals surface area contributed by atoms with Crippen LogP contribution < -0.4 is 0 Å². The van der Waals surface area contributed by atoms with Crippen LogP contribution in [-0.4, -0.2) is 43.8 Å². The summed E-state index contributed by atoms with van der Waals surface area (Å²) >= 11 is 0. The number of pyridine rings is 2. The number of alkyl halides is 3. The van der Waals surface area contributed by atoms with E-state index in [1.165, 1.54) is 0 Å². The largest absolute Gasteiger partial charge is 0.451 e. The summed E-state index contributed by atoms with van der Waals surface area (Å²) in [6.07, 6.45) is 3.50. The quantitative estimate of drug-likeness (QED) is 0.595. The lowest BCUT2D eigenvalue weighted by atomic mass is 9.75. The number of hydrogen-bond donors (Lipinski definition) is 0. The molecule has 0 aromatic carbocycles. The number of nitrogens with zero attached hydrogens (tertiary/aromatic N) is 6. The van der Waals surface area contributed by atoms with E-state index in [1.54, 1.807) is 47.8 Å². The first-order valence-corrected chi connectivity index (χ1v) is 10.3. The molecule has 7 nitrogen and oxygen atoms in total. The molecule has 4 rings (SSSR count). The molecule has 0 atom stereocenters. The highest BCUT2D eigenvalue weighted by Gasteiger charge is 2.38. The van der Waals surface area contributed by atoms with Crippen LogP contribution in [0.5, 0.6) is 0 Å². The van der Waals surface area contributed by atoms with Gasteiger partial charge < -0.3 is 4.90 Å². The Balaban J connectivity index is 1.47. The Bertz CT molecular complexity index is 1170. The maximum atomic E-state index is 13.2. The van der Waals surface area contributed by atoms with Crippen molar-refractivity contribution >= 4 is 5.91 Å². The van der Waals surface area contributed by atoms with Crippen LogP contribution in [0.15, 0.2) is 55.2 Å². The highest BCUT2D eigenvalue weighted by atomic mass is 19.4. The first-order valence-electron chi connectivity index (χ1n) is 10.3. The van der Waals surface area contributed by atoms with Gasteiger partial charge in [-0.3, -0.25) is 14.8 Å². The Labute approximate surface area is 188 Å². The molecule has 1 fully saturated rings. The number of halogens is 3. The predicted molar refractivity (Wildman–Crippen MR) is 111 cm³/mol. The molecule has 33 heavy (non-hydrogen) atoms. The lowest BCUT2D eigenvalue weighted by Crippen LogP contribution is -2.43. The fourth-order valence-corrected chi connectivity index (χ4v) is 3.94. The predicted octanol–water partition coefficient (Wildman–Crippen LogP) is 3.94. The molecule has 0 aliphatic carbocycles. The van der Waals surface area contributed by atoms with E-state index in [4.69, 9.17) is 0 Å². The molecule has 1 aliphatic heterocycles. The van der Waals surface area contributed by atoms with E-state index in [1.807, 2.05) is 0 Å². The third-order valence-electron chi connectivity index (χ3n) is 5.74. The average Bonchev–Trinajstić information content (AvgIpc) is 2.84. The van der Waals surface area contributed by atoms with E-state index >= 15 is 0 Å². The van der Waals surface area contributed by atoms with Crippen molar-refractivity contribution in [1.29, 1.82) is 5.26 Å². The molecular formula is C23H19F3N6O. The Kier molecular flexibility index (Phi) is 6.05. The number of carbonyl (C=O) groups excluding carboxylic acids is 1. The molecule has 4 heterocycles. The van der Waals surface area contributed by atoms with Crippen molar-refractivity contribution in [2.75, 3.05) is 13.1 Å². The van der Waals surface area contributed by atoms with Crippen LogP contribution in [0.1, 0.15) is 34.6 Å². The monoisotopic (exact) mass is 452 g/mol. The van der Waals surface area contributed by atoms with Gasteiger partial charge >= 0.3 is 6.18 Å². The lowest BCUT2D eigenvalue weighted by Gasteiger charge is -2.37. The topological polar surface area (TPSA) is 95.7 Å². The maximum absolute atomic E-state index is 13.2. The van der Waals surface area contributed by atoms with Crippen LogP contribution in [0.2, 0.25) is 0 Å². The van der Waals surface area contributed by atoms with E-state index in [0.29, 0.717) is 42.8 Å². The molecule has 0 radical (unpaired) electrons. The number of piperidine rings is 1. The molecule has 3 aromatic heterocycles. The van der Waals surface area contributed by atoms with Crippen LogP contribution in [0, 0.1) is 16.7 Å². The molecule has 1 amide bonds. The van der Waals surface area contributed by atoms with Gasteiger partial charge in [0.1, 0.15) is 0 Å². The molecule has 10 heteroatoms. The van der Waals surface area contributed by atoms with Crippen molar-refractivity contribution in [3.8, 4) is 17.3 Å². The summed E-state index contributed by atoms with van der Waals surface area (Å²) in [5, 5.41) is 9.83. The van der Waals surface area contributed by atoms with Gasteiger partial charge in [-0.05, 0) is 49.1 Å². The number of aromatic nitrogens is 4. The number of rotatable bonds is 4. The Hall–Kier alpha value is -3.87. The summed E-state index contributed by atoms with van der Waals surface area (Å²) < 4.78 is 38.1. The molecule has 168 valence electrons. The number of hydrogen-bond acceptors (Lipinski definition) is 6. The van der Waals surface area contributed by atoms with Gasteiger partial charge in [0.05, 0.1) is 22.7 Å². The number of carbonyl (C=O) groups is 1. The summed E-state index contributed by atoms with van der Waals surface area (Å²) in [7, 11) is 0. The van der Waals surface area contributed by atoms with E-state index in [2.05, 4.69) is 26.0 Å². The molecule has 1 aliphatic rings. The minimum atomic E-state index is -4.61. The SMILES string of the molecule is N#CC1(Cc2cnc(C(F)(F)F)nc2)CCN(C(=O)c2cccnc2-c2ccncc2)CC1. The molecule has 0 N–H and O–H groups in total. The van der Waals surface area contributed by atoms with Crippen LogP contribution >= 0.6 is 0 Å². The van der Waals surface area contributed by atoms with Crippen molar-refractivity contribution < 1.29 is 18.0 Å². The number of nitriles is 1. The van der Waals surface area contributed by atoms with Gasteiger partial charge in [0.25, 0.3) is 5.91 Å². The van der Waals surface area contributed by atoms with Crippen molar-refractivity contribution in [1.82, 2.24) is 24.8 Å². The molecule has 0 bridgehead atoms. The summed E-state index contributed by atoms with van der Waals surface area (Å²) in [4.78, 5) is 30.0. The average molecular weight is 452 g/mol. The highest BCUT2D eigenvalue weighted by Crippen LogP contribution is 2.36. The lowest BCUT2D eigenvalue weighted by molar-refractivity contribution is -0.145. The second-order valence-electron chi connectivity index (χ2n) is 7.91. The summed E-state index contributed by atoms with van der Waals surface area (Å²) in [5.41, 5.74) is 1.45. The van der Waals surface area contributed by atoms with Crippen LogP contribution in [0.4, 0.5) is 13.2 Å². The molecule has 3 aromatic rings. The van der Waals surface area contributed by atoms with Crippen LogP contribution in [0.3, 0.4) is 0 Å². The Morgan fingerprint density at radius 1 is 1.06 bits per heavy atom. The van der Waals surface area contributed by atoms with Gasteiger partial charge in [-0.2, -0.15) is 18.4 Å². The second kappa shape index (κ2) is 8.94. The fourth-order valence-electron chi connectivity index (χ4n) is 3.94. The minimum Gasteiger partial charge on any atom is -0.338 e. The minimum absolute atomic E-state index is 0.181. The fraction of sp³-hybridized carbons (Fsp3) is 0.304. The van der Waals surface area contributed by atoms with Crippen molar-refractivity contribution in [2.45, 2.75) is 25.4 Å². The smallest absolute Gasteiger partial charge is 0.338 e.